The molecule has 10 unspecified atom stereocenters. The zero-order valence-corrected chi connectivity index (χ0v) is 18.4. The third-order valence-corrected chi connectivity index (χ3v) is 7.55. The number of esters is 2. The van der Waals surface area contributed by atoms with E-state index >= 15 is 0 Å². The van der Waals surface area contributed by atoms with E-state index in [1.165, 1.54) is 13.8 Å². The molecule has 0 spiro atoms. The van der Waals surface area contributed by atoms with Crippen LogP contribution in [-0.2, 0) is 19.1 Å². The summed E-state index contributed by atoms with van der Waals surface area (Å²) in [4.78, 5) is 23.0. The number of hydrogen-bond acceptors (Lipinski definition) is 8. The quantitative estimate of drug-likeness (QED) is 0.488. The zero-order chi connectivity index (χ0) is 22.3. The molecule has 10 atom stereocenters. The van der Waals surface area contributed by atoms with Gasteiger partial charge in [-0.3, -0.25) is 9.59 Å². The Kier molecular flexibility index (Phi) is 7.36. The van der Waals surface area contributed by atoms with Gasteiger partial charge in [0.1, 0.15) is 24.4 Å². The van der Waals surface area contributed by atoms with Gasteiger partial charge < -0.3 is 31.2 Å². The van der Waals surface area contributed by atoms with Crippen LogP contribution < -0.4 is 11.5 Å². The highest BCUT2D eigenvalue weighted by atomic mass is 16.6. The number of hydrogen-bond donors (Lipinski definition) is 4. The van der Waals surface area contributed by atoms with Gasteiger partial charge in [0.25, 0.3) is 0 Å². The Morgan fingerprint density at radius 3 is 1.41 bits per heavy atom. The van der Waals surface area contributed by atoms with Gasteiger partial charge in [-0.25, -0.2) is 0 Å². The lowest BCUT2D eigenvalue weighted by Crippen LogP contribution is -2.62. The maximum Gasteiger partial charge on any atom is 0.302 e. The fourth-order valence-electron chi connectivity index (χ4n) is 5.76. The second kappa shape index (κ2) is 8.88. The molecule has 2 aliphatic carbocycles. The van der Waals surface area contributed by atoms with Crippen LogP contribution in [-0.4, -0.2) is 58.7 Å². The predicted octanol–water partition coefficient (Wildman–Crippen LogP) is 0.564. The molecule has 8 nitrogen and oxygen atoms in total. The SMILES string of the molecule is CC(=O)OC1CC(C(C)(C)C2CC(OC(C)=O)C(O)C(N)C2C)C(C)C(N)C1O. The largest absolute Gasteiger partial charge is 0.460 e. The van der Waals surface area contributed by atoms with Crippen molar-refractivity contribution in [1.29, 1.82) is 0 Å². The number of rotatable bonds is 4. The summed E-state index contributed by atoms with van der Waals surface area (Å²) in [5.41, 5.74) is 12.3. The lowest BCUT2D eigenvalue weighted by atomic mass is 9.53. The van der Waals surface area contributed by atoms with Crippen molar-refractivity contribution in [3.05, 3.63) is 0 Å². The molecule has 2 fully saturated rings. The Bertz CT molecular complexity index is 562. The Balaban J connectivity index is 2.32. The van der Waals surface area contributed by atoms with Gasteiger partial charge in [-0.1, -0.05) is 27.7 Å². The van der Waals surface area contributed by atoms with Crippen LogP contribution in [0.25, 0.3) is 0 Å². The molecule has 0 saturated heterocycles. The van der Waals surface area contributed by atoms with Crippen molar-refractivity contribution in [3.8, 4) is 0 Å². The average Bonchev–Trinajstić information content (AvgIpc) is 2.61. The number of nitrogens with two attached hydrogens (primary N) is 2. The molecular weight excluding hydrogens is 376 g/mol. The third kappa shape index (κ3) is 4.76. The maximum atomic E-state index is 11.5. The number of carbonyl (C=O) groups excluding carboxylic acids is 2. The van der Waals surface area contributed by atoms with Crippen LogP contribution in [0.4, 0.5) is 0 Å². The minimum absolute atomic E-state index is 0.0192. The highest BCUT2D eigenvalue weighted by Gasteiger charge is 2.54. The number of carbonyl (C=O) groups is 2. The van der Waals surface area contributed by atoms with Gasteiger partial charge in [0, 0.05) is 25.9 Å². The minimum Gasteiger partial charge on any atom is -0.460 e. The molecule has 2 rings (SSSR count). The normalized spacial score (nSPS) is 43.5. The van der Waals surface area contributed by atoms with E-state index in [4.69, 9.17) is 20.9 Å². The van der Waals surface area contributed by atoms with Crippen molar-refractivity contribution in [3.63, 3.8) is 0 Å². The summed E-state index contributed by atoms with van der Waals surface area (Å²) in [6.45, 7) is 10.9. The summed E-state index contributed by atoms with van der Waals surface area (Å²) >= 11 is 0. The Morgan fingerprint density at radius 2 is 1.14 bits per heavy atom. The van der Waals surface area contributed by atoms with Crippen molar-refractivity contribution in [2.75, 3.05) is 0 Å². The summed E-state index contributed by atoms with van der Waals surface area (Å²) in [6.07, 6.45) is -2.18. The molecule has 0 aromatic heterocycles. The summed E-state index contributed by atoms with van der Waals surface area (Å²) < 4.78 is 10.7. The van der Waals surface area contributed by atoms with Crippen molar-refractivity contribution < 1.29 is 29.3 Å². The molecule has 0 aromatic rings. The van der Waals surface area contributed by atoms with Crippen molar-refractivity contribution in [2.45, 2.75) is 90.9 Å². The molecule has 168 valence electrons. The first kappa shape index (κ1) is 24.1. The third-order valence-electron chi connectivity index (χ3n) is 7.55. The molecule has 2 saturated carbocycles. The molecule has 0 aromatic carbocycles. The molecule has 6 N–H and O–H groups in total. The van der Waals surface area contributed by atoms with E-state index < -0.39 is 48.4 Å². The molecule has 0 heterocycles. The topological polar surface area (TPSA) is 145 Å². The summed E-state index contributed by atoms with van der Waals surface area (Å²) in [5, 5.41) is 21.0. The van der Waals surface area contributed by atoms with Crippen molar-refractivity contribution in [2.24, 2.45) is 40.6 Å². The van der Waals surface area contributed by atoms with Crippen LogP contribution in [0.5, 0.6) is 0 Å². The first-order valence-corrected chi connectivity index (χ1v) is 10.5. The summed E-state index contributed by atoms with van der Waals surface area (Å²) in [7, 11) is 0. The van der Waals surface area contributed by atoms with Gasteiger partial charge in [-0.15, -0.1) is 0 Å². The first-order valence-electron chi connectivity index (χ1n) is 10.5. The molecule has 0 radical (unpaired) electrons. The van der Waals surface area contributed by atoms with E-state index in [1.54, 1.807) is 0 Å². The lowest BCUT2D eigenvalue weighted by Gasteiger charge is -2.55. The zero-order valence-electron chi connectivity index (χ0n) is 18.4. The summed E-state index contributed by atoms with van der Waals surface area (Å²) in [6, 6.07) is -1.06. The number of aliphatic hydroxyl groups is 2. The van der Waals surface area contributed by atoms with Crippen LogP contribution >= 0.6 is 0 Å². The van der Waals surface area contributed by atoms with E-state index in [0.29, 0.717) is 12.8 Å². The molecule has 8 heteroatoms. The van der Waals surface area contributed by atoms with Crippen LogP contribution in [0.3, 0.4) is 0 Å². The highest BCUT2D eigenvalue weighted by Crippen LogP contribution is 2.52. The van der Waals surface area contributed by atoms with Gasteiger partial charge in [-0.05, 0) is 41.9 Å². The van der Waals surface area contributed by atoms with Crippen molar-refractivity contribution in [1.82, 2.24) is 0 Å². The molecule has 0 aliphatic heterocycles. The Labute approximate surface area is 173 Å². The lowest BCUT2D eigenvalue weighted by molar-refractivity contribution is -0.173. The van der Waals surface area contributed by atoms with Crippen molar-refractivity contribution >= 4 is 11.9 Å². The monoisotopic (exact) mass is 414 g/mol. The van der Waals surface area contributed by atoms with Gasteiger partial charge in [0.2, 0.25) is 0 Å². The molecule has 0 amide bonds. The average molecular weight is 415 g/mol. The van der Waals surface area contributed by atoms with Crippen LogP contribution in [0.2, 0.25) is 0 Å². The van der Waals surface area contributed by atoms with E-state index in [-0.39, 0.29) is 29.1 Å². The second-order valence-electron chi connectivity index (χ2n) is 9.66. The van der Waals surface area contributed by atoms with Crippen LogP contribution in [0, 0.1) is 29.1 Å². The molecule has 0 bridgehead atoms. The molecule has 29 heavy (non-hydrogen) atoms. The summed E-state index contributed by atoms with van der Waals surface area (Å²) in [5.74, 6) is -0.850. The highest BCUT2D eigenvalue weighted by molar-refractivity contribution is 5.66. The fraction of sp³-hybridized carbons (Fsp3) is 0.905. The molecular formula is C21H38N2O6. The van der Waals surface area contributed by atoms with E-state index in [9.17, 15) is 19.8 Å². The minimum atomic E-state index is -0.914. The molecule has 2 aliphatic rings. The smallest absolute Gasteiger partial charge is 0.302 e. The second-order valence-corrected chi connectivity index (χ2v) is 9.66. The Morgan fingerprint density at radius 1 is 0.828 bits per heavy atom. The first-order chi connectivity index (χ1) is 13.3. The predicted molar refractivity (Wildman–Crippen MR) is 107 cm³/mol. The van der Waals surface area contributed by atoms with Crippen LogP contribution in [0.15, 0.2) is 0 Å². The number of ether oxygens (including phenoxy) is 2. The van der Waals surface area contributed by atoms with Gasteiger partial charge >= 0.3 is 11.9 Å². The maximum absolute atomic E-state index is 11.5. The van der Waals surface area contributed by atoms with E-state index in [1.807, 2.05) is 13.8 Å². The standard InChI is InChI=1S/C21H38N2O6/c1-9-13(7-15(28-11(3)24)19(26)17(9)22)21(5,6)14-8-16(29-12(4)25)20(27)18(23)10(14)2/h9-10,13-20,26-27H,7-8,22-23H2,1-6H3. The fourth-order valence-corrected chi connectivity index (χ4v) is 5.76. The van der Waals surface area contributed by atoms with Gasteiger partial charge in [-0.2, -0.15) is 0 Å². The van der Waals surface area contributed by atoms with E-state index in [2.05, 4.69) is 13.8 Å². The Hall–Kier alpha value is -1.22. The van der Waals surface area contributed by atoms with Gasteiger partial charge in [0.05, 0.1) is 0 Å². The van der Waals surface area contributed by atoms with Gasteiger partial charge in [0.15, 0.2) is 0 Å². The number of aliphatic hydroxyl groups excluding tert-OH is 2. The van der Waals surface area contributed by atoms with Crippen LogP contribution in [0.1, 0.15) is 54.4 Å². The van der Waals surface area contributed by atoms with E-state index in [0.717, 1.165) is 0 Å².